The first kappa shape index (κ1) is 11.9. The van der Waals surface area contributed by atoms with Gasteiger partial charge in [0.25, 0.3) is 0 Å². The van der Waals surface area contributed by atoms with E-state index in [0.29, 0.717) is 13.1 Å². The fraction of sp³-hybridized carbons (Fsp3) is 0.462. The van der Waals surface area contributed by atoms with Crippen LogP contribution in [-0.2, 0) is 22.6 Å². The van der Waals surface area contributed by atoms with Crippen LogP contribution in [0.3, 0.4) is 0 Å². The summed E-state index contributed by atoms with van der Waals surface area (Å²) in [6.45, 7) is 5.30. The van der Waals surface area contributed by atoms with E-state index in [-0.39, 0.29) is 18.6 Å². The van der Waals surface area contributed by atoms with Gasteiger partial charge < -0.3 is 15.4 Å². The van der Waals surface area contributed by atoms with Crippen molar-refractivity contribution in [2.45, 2.75) is 33.0 Å². The van der Waals surface area contributed by atoms with Gasteiger partial charge in [0, 0.05) is 18.8 Å². The van der Waals surface area contributed by atoms with Gasteiger partial charge in [0.2, 0.25) is 5.91 Å². The number of nitrogens with zero attached hydrogens (tertiary/aromatic N) is 1. The molecule has 1 aromatic rings. The van der Waals surface area contributed by atoms with Crippen LogP contribution in [0.5, 0.6) is 0 Å². The number of hydrogen-bond donors (Lipinski definition) is 1. The maximum Gasteiger partial charge on any atom is 0.249 e. The van der Waals surface area contributed by atoms with Crippen molar-refractivity contribution in [3.05, 3.63) is 29.3 Å². The molecule has 0 bridgehead atoms. The van der Waals surface area contributed by atoms with Gasteiger partial charge in [0.1, 0.15) is 6.61 Å². The predicted octanol–water partition coefficient (Wildman–Crippen LogP) is 1.54. The SMILES string of the molecule is CC(C)OCC(=O)N1Cc2ccc(N)cc2C1. The van der Waals surface area contributed by atoms with E-state index in [1.807, 2.05) is 32.0 Å². The van der Waals surface area contributed by atoms with Crippen LogP contribution >= 0.6 is 0 Å². The lowest BCUT2D eigenvalue weighted by Crippen LogP contribution is -2.30. The quantitative estimate of drug-likeness (QED) is 0.807. The summed E-state index contributed by atoms with van der Waals surface area (Å²) in [5, 5.41) is 0. The second-order valence-electron chi connectivity index (χ2n) is 4.64. The van der Waals surface area contributed by atoms with Crippen LogP contribution in [0.15, 0.2) is 18.2 Å². The smallest absolute Gasteiger partial charge is 0.249 e. The molecule has 1 aromatic carbocycles. The molecule has 0 saturated carbocycles. The monoisotopic (exact) mass is 234 g/mol. The summed E-state index contributed by atoms with van der Waals surface area (Å²) in [6.07, 6.45) is 0.0829. The van der Waals surface area contributed by atoms with E-state index in [4.69, 9.17) is 10.5 Å². The van der Waals surface area contributed by atoms with Crippen LogP contribution in [0, 0.1) is 0 Å². The number of carbonyl (C=O) groups is 1. The highest BCUT2D eigenvalue weighted by molar-refractivity contribution is 5.78. The fourth-order valence-corrected chi connectivity index (χ4v) is 1.92. The van der Waals surface area contributed by atoms with Gasteiger partial charge in [-0.25, -0.2) is 0 Å². The molecule has 0 saturated heterocycles. The molecule has 0 aliphatic carbocycles. The Labute approximate surface area is 101 Å². The lowest BCUT2D eigenvalue weighted by molar-refractivity contribution is -0.138. The summed E-state index contributed by atoms with van der Waals surface area (Å²) in [7, 11) is 0. The molecule has 2 N–H and O–H groups in total. The minimum Gasteiger partial charge on any atom is -0.399 e. The summed E-state index contributed by atoms with van der Waals surface area (Å²) in [5.74, 6) is 0.0356. The number of amides is 1. The number of benzene rings is 1. The zero-order valence-corrected chi connectivity index (χ0v) is 10.3. The van der Waals surface area contributed by atoms with Crippen molar-refractivity contribution in [1.82, 2.24) is 4.90 Å². The first-order chi connectivity index (χ1) is 8.06. The number of hydrogen-bond acceptors (Lipinski definition) is 3. The number of carbonyl (C=O) groups excluding carboxylic acids is 1. The molecule has 92 valence electrons. The minimum atomic E-state index is 0.0356. The Hall–Kier alpha value is -1.55. The van der Waals surface area contributed by atoms with Gasteiger partial charge in [-0.15, -0.1) is 0 Å². The molecule has 1 aliphatic heterocycles. The molecule has 17 heavy (non-hydrogen) atoms. The van der Waals surface area contributed by atoms with Gasteiger partial charge in [0.05, 0.1) is 6.10 Å². The Balaban J connectivity index is 1.97. The van der Waals surface area contributed by atoms with Crippen LogP contribution in [0.1, 0.15) is 25.0 Å². The Morgan fingerprint density at radius 3 is 2.82 bits per heavy atom. The molecule has 0 spiro atoms. The number of rotatable bonds is 3. The molecule has 0 fully saturated rings. The third-order valence-electron chi connectivity index (χ3n) is 2.85. The number of nitrogens with two attached hydrogens (primary N) is 1. The van der Waals surface area contributed by atoms with Crippen LogP contribution in [0.25, 0.3) is 0 Å². The zero-order chi connectivity index (χ0) is 12.4. The Morgan fingerprint density at radius 2 is 2.12 bits per heavy atom. The van der Waals surface area contributed by atoms with Gasteiger partial charge in [-0.2, -0.15) is 0 Å². The molecule has 1 aliphatic rings. The number of anilines is 1. The molecule has 2 rings (SSSR count). The van der Waals surface area contributed by atoms with Crippen molar-refractivity contribution in [2.75, 3.05) is 12.3 Å². The molecular weight excluding hydrogens is 216 g/mol. The maximum absolute atomic E-state index is 11.9. The first-order valence-corrected chi connectivity index (χ1v) is 5.83. The zero-order valence-electron chi connectivity index (χ0n) is 10.3. The summed E-state index contributed by atoms with van der Waals surface area (Å²) in [5.41, 5.74) is 8.79. The van der Waals surface area contributed by atoms with E-state index >= 15 is 0 Å². The average molecular weight is 234 g/mol. The van der Waals surface area contributed by atoms with E-state index in [2.05, 4.69) is 0 Å². The van der Waals surface area contributed by atoms with Crippen LogP contribution in [-0.4, -0.2) is 23.5 Å². The van der Waals surface area contributed by atoms with Gasteiger partial charge in [0.15, 0.2) is 0 Å². The second-order valence-corrected chi connectivity index (χ2v) is 4.64. The van der Waals surface area contributed by atoms with Crippen LogP contribution in [0.4, 0.5) is 5.69 Å². The highest BCUT2D eigenvalue weighted by Gasteiger charge is 2.23. The van der Waals surface area contributed by atoms with Crippen molar-refractivity contribution in [2.24, 2.45) is 0 Å². The first-order valence-electron chi connectivity index (χ1n) is 5.83. The molecule has 0 aromatic heterocycles. The number of fused-ring (bicyclic) bond motifs is 1. The fourth-order valence-electron chi connectivity index (χ4n) is 1.92. The summed E-state index contributed by atoms with van der Waals surface area (Å²) >= 11 is 0. The lowest BCUT2D eigenvalue weighted by atomic mass is 10.1. The van der Waals surface area contributed by atoms with Crippen molar-refractivity contribution < 1.29 is 9.53 Å². The summed E-state index contributed by atoms with van der Waals surface area (Å²) < 4.78 is 5.32. The van der Waals surface area contributed by atoms with E-state index in [1.165, 1.54) is 5.56 Å². The highest BCUT2D eigenvalue weighted by Crippen LogP contribution is 2.24. The molecule has 0 radical (unpaired) electrons. The minimum absolute atomic E-state index is 0.0356. The molecule has 1 amide bonds. The largest absolute Gasteiger partial charge is 0.399 e. The maximum atomic E-state index is 11.9. The van der Waals surface area contributed by atoms with Gasteiger partial charge in [-0.3, -0.25) is 4.79 Å². The second kappa shape index (κ2) is 4.75. The van der Waals surface area contributed by atoms with E-state index in [0.717, 1.165) is 11.3 Å². The Kier molecular flexibility index (Phi) is 3.33. The number of nitrogen functional groups attached to an aromatic ring is 1. The van der Waals surface area contributed by atoms with E-state index in [9.17, 15) is 4.79 Å². The average Bonchev–Trinajstić information content (AvgIpc) is 2.68. The third kappa shape index (κ3) is 2.77. The highest BCUT2D eigenvalue weighted by atomic mass is 16.5. The van der Waals surface area contributed by atoms with Crippen molar-refractivity contribution in [3.63, 3.8) is 0 Å². The van der Waals surface area contributed by atoms with Gasteiger partial charge in [-0.05, 0) is 37.1 Å². The lowest BCUT2D eigenvalue weighted by Gasteiger charge is -2.16. The Morgan fingerprint density at radius 1 is 1.41 bits per heavy atom. The molecular formula is C13H18N2O2. The van der Waals surface area contributed by atoms with Crippen molar-refractivity contribution in [1.29, 1.82) is 0 Å². The van der Waals surface area contributed by atoms with Crippen molar-refractivity contribution >= 4 is 11.6 Å². The molecule has 0 unspecified atom stereocenters. The normalized spacial score (nSPS) is 14.2. The molecule has 4 heteroatoms. The van der Waals surface area contributed by atoms with Gasteiger partial charge >= 0.3 is 0 Å². The number of ether oxygens (including phenoxy) is 1. The topological polar surface area (TPSA) is 55.6 Å². The molecule has 0 atom stereocenters. The van der Waals surface area contributed by atoms with Crippen LogP contribution < -0.4 is 5.73 Å². The van der Waals surface area contributed by atoms with E-state index in [1.54, 1.807) is 4.90 Å². The van der Waals surface area contributed by atoms with Gasteiger partial charge in [-0.1, -0.05) is 6.07 Å². The predicted molar refractivity (Wildman–Crippen MR) is 66.2 cm³/mol. The van der Waals surface area contributed by atoms with Crippen LogP contribution in [0.2, 0.25) is 0 Å². The summed E-state index contributed by atoms with van der Waals surface area (Å²) in [4.78, 5) is 13.7. The summed E-state index contributed by atoms with van der Waals surface area (Å²) in [6, 6.07) is 5.80. The van der Waals surface area contributed by atoms with E-state index < -0.39 is 0 Å². The molecule has 1 heterocycles. The third-order valence-corrected chi connectivity index (χ3v) is 2.85. The standard InChI is InChI=1S/C13H18N2O2/c1-9(2)17-8-13(16)15-6-10-3-4-12(14)5-11(10)7-15/h3-5,9H,6-8,14H2,1-2H3. The van der Waals surface area contributed by atoms with Crippen molar-refractivity contribution in [3.8, 4) is 0 Å². The molecule has 4 nitrogen and oxygen atoms in total. The Bertz CT molecular complexity index is 429.